The number of carbonyl (C=O) groups excluding carboxylic acids is 4. The fraction of sp³-hybridized carbons (Fsp3) is 0.467. The second kappa shape index (κ2) is 15.2. The number of ether oxygens (including phenoxy) is 1. The van der Waals surface area contributed by atoms with Crippen LogP contribution in [0, 0.1) is 0 Å². The van der Waals surface area contributed by atoms with Gasteiger partial charge < -0.3 is 31.3 Å². The molecule has 3 aromatic carbocycles. The third-order valence-electron chi connectivity index (χ3n) is 14.8. The van der Waals surface area contributed by atoms with Gasteiger partial charge in [0.05, 0.1) is 7.11 Å². The van der Waals surface area contributed by atoms with Crippen LogP contribution in [-0.4, -0.2) is 100 Å². The number of carbonyl (C=O) groups is 6. The van der Waals surface area contributed by atoms with E-state index in [4.69, 9.17) is 16.2 Å². The van der Waals surface area contributed by atoms with Gasteiger partial charge in [-0.05, 0) is 98.1 Å². The maximum absolute atomic E-state index is 14.8. The Morgan fingerprint density at radius 2 is 0.984 bits per heavy atom. The number of hydrogen-bond donors (Lipinski definition) is 6. The van der Waals surface area contributed by atoms with Crippen molar-refractivity contribution in [1.29, 1.82) is 0 Å². The van der Waals surface area contributed by atoms with Crippen LogP contribution in [0.1, 0.15) is 87.5 Å². The number of carboxylic acid groups (broad SMARTS) is 2. The average Bonchev–Trinajstić information content (AvgIpc) is 3.98. The van der Waals surface area contributed by atoms with E-state index in [0.717, 1.165) is 5.69 Å². The van der Waals surface area contributed by atoms with Crippen LogP contribution in [0.5, 0.6) is 5.75 Å². The Morgan fingerprint density at radius 1 is 0.607 bits per heavy atom. The molecule has 0 saturated carbocycles. The van der Waals surface area contributed by atoms with Gasteiger partial charge in [0.1, 0.15) is 16.8 Å². The minimum Gasteiger partial charge on any atom is -0.497 e. The molecule has 3 fully saturated rings. The molecule has 16 nitrogen and oxygen atoms in total. The van der Waals surface area contributed by atoms with Gasteiger partial charge in [-0.25, -0.2) is 9.59 Å². The largest absolute Gasteiger partial charge is 0.497 e. The molecule has 7 aliphatic rings. The molecule has 5 unspecified atom stereocenters. The molecular formula is C45H53N7O9. The van der Waals surface area contributed by atoms with Crippen molar-refractivity contribution >= 4 is 41.5 Å². The van der Waals surface area contributed by atoms with Crippen LogP contribution in [0.3, 0.4) is 0 Å². The van der Waals surface area contributed by atoms with E-state index in [1.165, 1.54) is 0 Å². The van der Waals surface area contributed by atoms with Gasteiger partial charge in [-0.2, -0.15) is 0 Å². The number of nitrogens with two attached hydrogens (primary N) is 2. The van der Waals surface area contributed by atoms with Crippen LogP contribution in [-0.2, 0) is 41.1 Å². The van der Waals surface area contributed by atoms with Crippen molar-refractivity contribution in [2.75, 3.05) is 25.1 Å². The van der Waals surface area contributed by atoms with E-state index in [-0.39, 0.29) is 37.0 Å². The highest BCUT2D eigenvalue weighted by molar-refractivity contribution is 6.01. The van der Waals surface area contributed by atoms with Crippen molar-refractivity contribution in [1.82, 2.24) is 20.4 Å². The third kappa shape index (κ3) is 6.08. The number of nitrogens with one attached hydrogen (secondary N) is 2. The highest BCUT2D eigenvalue weighted by Gasteiger charge is 2.67. The number of hydrogen-bond acceptors (Lipinski definition) is 10. The summed E-state index contributed by atoms with van der Waals surface area (Å²) in [4.78, 5) is 86.6. The van der Waals surface area contributed by atoms with Crippen molar-refractivity contribution < 1.29 is 43.7 Å². The maximum Gasteiger partial charge on any atom is 0.411 e. The van der Waals surface area contributed by atoms with Gasteiger partial charge in [0.25, 0.3) is 11.8 Å². The molecule has 3 aromatic rings. The number of benzene rings is 3. The quantitative estimate of drug-likeness (QED) is 0.153. The zero-order valence-electron chi connectivity index (χ0n) is 34.6. The molecule has 0 spiro atoms. The van der Waals surface area contributed by atoms with Crippen LogP contribution >= 0.6 is 0 Å². The first kappa shape index (κ1) is 41.7. The van der Waals surface area contributed by atoms with E-state index < -0.39 is 57.7 Å². The van der Waals surface area contributed by atoms with Crippen LogP contribution in [0.2, 0.25) is 0 Å². The van der Waals surface area contributed by atoms with Crippen molar-refractivity contribution in [3.8, 4) is 5.75 Å². The highest BCUT2D eigenvalue weighted by atomic mass is 16.5. The molecule has 8 atom stereocenters. The molecule has 6 amide bonds. The van der Waals surface area contributed by atoms with Crippen LogP contribution in [0.25, 0.3) is 0 Å². The normalized spacial score (nSPS) is 31.6. The predicted octanol–water partition coefficient (Wildman–Crippen LogP) is 3.63. The van der Waals surface area contributed by atoms with E-state index in [0.29, 0.717) is 79.6 Å². The second-order valence-electron chi connectivity index (χ2n) is 17.7. The predicted molar refractivity (Wildman–Crippen MR) is 223 cm³/mol. The Balaban J connectivity index is 1.27. The summed E-state index contributed by atoms with van der Waals surface area (Å²) in [5.74, 6) is -2.12. The summed E-state index contributed by atoms with van der Waals surface area (Å²) >= 11 is 0. The first-order chi connectivity index (χ1) is 29.0. The molecule has 4 bridgehead atoms. The van der Waals surface area contributed by atoms with E-state index >= 15 is 0 Å². The number of methoxy groups -OCH3 is 1. The molecular weight excluding hydrogens is 783 g/mol. The van der Waals surface area contributed by atoms with Crippen LogP contribution < -0.4 is 31.7 Å². The summed E-state index contributed by atoms with van der Waals surface area (Å²) in [6, 6.07) is 21.3. The maximum atomic E-state index is 14.8. The zero-order valence-corrected chi connectivity index (χ0v) is 34.6. The Morgan fingerprint density at radius 3 is 1.33 bits per heavy atom. The van der Waals surface area contributed by atoms with E-state index in [1.807, 2.05) is 86.6 Å². The van der Waals surface area contributed by atoms with E-state index in [1.54, 1.807) is 7.11 Å². The first-order valence-electron chi connectivity index (χ1n) is 20.9. The van der Waals surface area contributed by atoms with Gasteiger partial charge in [0.2, 0.25) is 11.8 Å². The Kier molecular flexibility index (Phi) is 10.4. The van der Waals surface area contributed by atoms with Gasteiger partial charge >= 0.3 is 12.2 Å². The monoisotopic (exact) mass is 835 g/mol. The summed E-state index contributed by atoms with van der Waals surface area (Å²) in [6.07, 6.45) is 0.503. The lowest BCUT2D eigenvalue weighted by Gasteiger charge is -2.58. The number of anilines is 1. The van der Waals surface area contributed by atoms with Gasteiger partial charge in [0, 0.05) is 53.5 Å². The summed E-state index contributed by atoms with van der Waals surface area (Å²) in [5, 5.41) is 24.4. The van der Waals surface area contributed by atoms with Crippen molar-refractivity contribution in [3.63, 3.8) is 0 Å². The minimum absolute atomic E-state index is 0.214. The number of rotatable bonds is 12. The lowest BCUT2D eigenvalue weighted by Crippen LogP contribution is -2.72. The van der Waals surface area contributed by atoms with Crippen LogP contribution in [0.4, 0.5) is 15.3 Å². The smallest absolute Gasteiger partial charge is 0.411 e. The minimum atomic E-state index is -1.62. The molecule has 61 heavy (non-hydrogen) atoms. The summed E-state index contributed by atoms with van der Waals surface area (Å²) in [5.41, 5.74) is 9.54. The molecule has 3 saturated heterocycles. The highest BCUT2D eigenvalue weighted by Crippen LogP contribution is 2.58. The zero-order chi connectivity index (χ0) is 43.6. The Labute approximate surface area is 353 Å². The van der Waals surface area contributed by atoms with Crippen LogP contribution in [0.15, 0.2) is 72.8 Å². The summed E-state index contributed by atoms with van der Waals surface area (Å²) < 4.78 is 5.55. The number of fused-ring (bicyclic) bond motifs is 6. The van der Waals surface area contributed by atoms with Gasteiger partial charge in [-0.1, -0.05) is 62.4 Å². The van der Waals surface area contributed by atoms with Gasteiger partial charge in [-0.15, -0.1) is 0 Å². The lowest BCUT2D eigenvalue weighted by molar-refractivity contribution is -0.144. The standard InChI is InChI=1S/C45H53N7O9/c1-42(24-36(46)53)26-8-12-28(13-9-26)44(42,38(55)48-40(57)58)50-22-4-6-32(50)34-20-21-35(52(34)30-16-18-31(61-3)19-17-30)33-7-5-23-51(33)45(39(56)49-41(59)60)29-14-10-27(11-15-29)43(45,2)25-37(47)54/h8-19,32-35H,4-7,20-25H2,1-3H3,(H2,46,53)(H2,47,54)(H,48,55)(H,49,56)(H,57,58)(H,59,60)/t32?,33?,34-,35?,42?,43?,44-,45-/m1/s1. The molecule has 16 heteroatoms. The molecule has 0 radical (unpaired) electrons. The van der Waals surface area contributed by atoms with E-state index in [2.05, 4.69) is 25.3 Å². The lowest BCUT2D eigenvalue weighted by atomic mass is 9.56. The summed E-state index contributed by atoms with van der Waals surface area (Å²) in [6.45, 7) is 4.48. The van der Waals surface area contributed by atoms with Crippen molar-refractivity contribution in [2.45, 2.75) is 111 Å². The fourth-order valence-corrected chi connectivity index (χ4v) is 12.7. The molecule has 322 valence electrons. The van der Waals surface area contributed by atoms with Crippen molar-refractivity contribution in [2.24, 2.45) is 11.5 Å². The number of amides is 6. The molecule has 3 aliphatic heterocycles. The van der Waals surface area contributed by atoms with Gasteiger partial charge in [-0.3, -0.25) is 39.6 Å². The Bertz CT molecular complexity index is 2140. The molecule has 0 aromatic heterocycles. The Hall–Kier alpha value is -6.00. The third-order valence-corrected chi connectivity index (χ3v) is 14.8. The average molecular weight is 836 g/mol. The number of likely N-dealkylation sites (tertiary alicyclic amines) is 2. The fourth-order valence-electron chi connectivity index (χ4n) is 12.7. The number of primary amides is 2. The second-order valence-corrected chi connectivity index (χ2v) is 17.7. The van der Waals surface area contributed by atoms with Gasteiger partial charge in [0.15, 0.2) is 0 Å². The molecule has 4 aliphatic carbocycles. The summed E-state index contributed by atoms with van der Waals surface area (Å²) in [7, 11) is 1.59. The molecule has 10 rings (SSSR count). The molecule has 3 heterocycles. The topological polar surface area (TPSA) is 238 Å². The first-order valence-corrected chi connectivity index (χ1v) is 20.9. The SMILES string of the molecule is COc1ccc(N2C(C3CCCN3[C@@]3(C(=O)NC(=O)O)c4ccc(cc4)C3(C)CC(N)=O)CC[C@@H]2C2CCCN2[C@@]2(C(=O)NC(=O)O)c3ccc(cc3)C2(C)CC(N)=O)cc1. The number of imide groups is 2. The molecule has 8 N–H and O–H groups in total. The van der Waals surface area contributed by atoms with E-state index in [9.17, 15) is 39.0 Å². The van der Waals surface area contributed by atoms with Crippen molar-refractivity contribution in [3.05, 3.63) is 95.1 Å². The number of nitrogens with zero attached hydrogens (tertiary/aromatic N) is 3.